The first kappa shape index (κ1) is 8.83. The fraction of sp³-hybridized carbons (Fsp3) is 0.727. The molecule has 0 heteroatoms. The second-order valence-electron chi connectivity index (χ2n) is 3.50. The van der Waals surface area contributed by atoms with E-state index in [4.69, 9.17) is 0 Å². The van der Waals surface area contributed by atoms with Crippen molar-refractivity contribution in [3.8, 4) is 0 Å². The highest BCUT2D eigenvalue weighted by atomic mass is 14.1. The van der Waals surface area contributed by atoms with E-state index in [1.165, 1.54) is 38.5 Å². The van der Waals surface area contributed by atoms with Crippen LogP contribution in [-0.4, -0.2) is 0 Å². The molecular weight excluding hydrogens is 132 g/mol. The van der Waals surface area contributed by atoms with Crippen LogP contribution in [-0.2, 0) is 0 Å². The van der Waals surface area contributed by atoms with Gasteiger partial charge in [0.2, 0.25) is 0 Å². The predicted octanol–water partition coefficient (Wildman–Crippen LogP) is 3.74. The first-order chi connectivity index (χ1) is 5.43. The van der Waals surface area contributed by atoms with Crippen molar-refractivity contribution in [2.24, 2.45) is 5.92 Å². The fourth-order valence-electron chi connectivity index (χ4n) is 1.66. The minimum atomic E-state index is 0.865. The van der Waals surface area contributed by atoms with E-state index < -0.39 is 0 Å². The van der Waals surface area contributed by atoms with Crippen molar-refractivity contribution in [1.29, 1.82) is 0 Å². The molecule has 0 saturated carbocycles. The molecule has 1 unspecified atom stereocenters. The third-order valence-corrected chi connectivity index (χ3v) is 2.53. The summed E-state index contributed by atoms with van der Waals surface area (Å²) in [7, 11) is 0. The van der Waals surface area contributed by atoms with E-state index in [2.05, 4.69) is 19.1 Å². The maximum absolute atomic E-state index is 3.98. The molecule has 0 aromatic carbocycles. The van der Waals surface area contributed by atoms with Crippen LogP contribution in [0, 0.1) is 12.8 Å². The van der Waals surface area contributed by atoms with Gasteiger partial charge in [-0.15, -0.1) is 0 Å². The Labute approximate surface area is 70.7 Å². The van der Waals surface area contributed by atoms with Gasteiger partial charge in [0.25, 0.3) is 0 Å². The molecule has 1 atom stereocenters. The minimum Gasteiger partial charge on any atom is -0.0885 e. The molecule has 0 nitrogen and oxygen atoms in total. The van der Waals surface area contributed by atoms with Crippen LogP contribution < -0.4 is 0 Å². The third-order valence-electron chi connectivity index (χ3n) is 2.53. The zero-order chi connectivity index (χ0) is 7.94. The van der Waals surface area contributed by atoms with Crippen molar-refractivity contribution in [2.45, 2.75) is 44.9 Å². The van der Waals surface area contributed by atoms with Gasteiger partial charge < -0.3 is 0 Å². The molecule has 0 aliphatic heterocycles. The van der Waals surface area contributed by atoms with E-state index in [0.29, 0.717) is 0 Å². The standard InChI is InChI=1S/C11H19/c1-2-11-9-7-5-3-4-6-8-10-11/h5,7,11H,1-4,6,8-10H2. The molecule has 1 aliphatic rings. The second-order valence-corrected chi connectivity index (χ2v) is 3.50. The lowest BCUT2D eigenvalue weighted by Gasteiger charge is -2.10. The highest BCUT2D eigenvalue weighted by molar-refractivity contribution is 4.85. The Morgan fingerprint density at radius 3 is 2.91 bits per heavy atom. The number of hydrogen-bond acceptors (Lipinski definition) is 0. The second kappa shape index (κ2) is 5.40. The molecule has 1 rings (SSSR count). The van der Waals surface area contributed by atoms with Gasteiger partial charge in [-0.3, -0.25) is 0 Å². The zero-order valence-electron chi connectivity index (χ0n) is 7.39. The van der Waals surface area contributed by atoms with Crippen molar-refractivity contribution in [1.82, 2.24) is 0 Å². The van der Waals surface area contributed by atoms with Crippen LogP contribution in [0.1, 0.15) is 44.9 Å². The molecule has 1 radical (unpaired) electrons. The van der Waals surface area contributed by atoms with Gasteiger partial charge in [-0.05, 0) is 25.2 Å². The summed E-state index contributed by atoms with van der Waals surface area (Å²) in [5.74, 6) is 0.865. The molecule has 0 N–H and O–H groups in total. The monoisotopic (exact) mass is 151 g/mol. The molecule has 1 aliphatic carbocycles. The van der Waals surface area contributed by atoms with E-state index in [9.17, 15) is 0 Å². The number of hydrogen-bond donors (Lipinski definition) is 0. The van der Waals surface area contributed by atoms with E-state index in [1.807, 2.05) is 0 Å². The summed E-state index contributed by atoms with van der Waals surface area (Å²) in [6.07, 6.45) is 14.0. The molecule has 0 bridgehead atoms. The van der Waals surface area contributed by atoms with E-state index in [1.54, 1.807) is 0 Å². The van der Waals surface area contributed by atoms with Gasteiger partial charge in [-0.1, -0.05) is 44.8 Å². The fourth-order valence-corrected chi connectivity index (χ4v) is 1.66. The van der Waals surface area contributed by atoms with Crippen LogP contribution in [0.15, 0.2) is 12.2 Å². The van der Waals surface area contributed by atoms with E-state index in [0.717, 1.165) is 12.3 Å². The van der Waals surface area contributed by atoms with Crippen LogP contribution in [0.4, 0.5) is 0 Å². The lowest BCUT2D eigenvalue weighted by molar-refractivity contribution is 0.468. The molecule has 0 amide bonds. The summed E-state index contributed by atoms with van der Waals surface area (Å²) in [6.45, 7) is 3.98. The highest BCUT2D eigenvalue weighted by Crippen LogP contribution is 2.20. The van der Waals surface area contributed by atoms with Crippen molar-refractivity contribution >= 4 is 0 Å². The number of allylic oxidation sites excluding steroid dienone is 2. The van der Waals surface area contributed by atoms with Gasteiger partial charge in [0.05, 0.1) is 0 Å². The topological polar surface area (TPSA) is 0 Å². The van der Waals surface area contributed by atoms with Gasteiger partial charge in [-0.25, -0.2) is 0 Å². The molecular formula is C11H19. The van der Waals surface area contributed by atoms with Crippen LogP contribution in [0.5, 0.6) is 0 Å². The SMILES string of the molecule is [CH2]CC1CC=CCCCCC1. The first-order valence-corrected chi connectivity index (χ1v) is 4.87. The van der Waals surface area contributed by atoms with E-state index in [-0.39, 0.29) is 0 Å². The zero-order valence-corrected chi connectivity index (χ0v) is 7.39. The summed E-state index contributed by atoms with van der Waals surface area (Å²) < 4.78 is 0. The number of rotatable bonds is 1. The minimum absolute atomic E-state index is 0.865. The summed E-state index contributed by atoms with van der Waals surface area (Å²) in [6, 6.07) is 0. The molecule has 0 aromatic rings. The van der Waals surface area contributed by atoms with Crippen molar-refractivity contribution in [2.75, 3.05) is 0 Å². The Kier molecular flexibility index (Phi) is 4.33. The Hall–Kier alpha value is -0.260. The van der Waals surface area contributed by atoms with Gasteiger partial charge in [0.1, 0.15) is 0 Å². The molecule has 0 fully saturated rings. The van der Waals surface area contributed by atoms with Crippen LogP contribution in [0.25, 0.3) is 0 Å². The van der Waals surface area contributed by atoms with Crippen LogP contribution in [0.3, 0.4) is 0 Å². The average Bonchev–Trinajstić information content (AvgIpc) is 2.16. The van der Waals surface area contributed by atoms with Crippen LogP contribution in [0.2, 0.25) is 0 Å². The molecule has 0 aromatic heterocycles. The first-order valence-electron chi connectivity index (χ1n) is 4.87. The van der Waals surface area contributed by atoms with Crippen LogP contribution >= 0.6 is 0 Å². The lowest BCUT2D eigenvalue weighted by Crippen LogP contribution is -1.96. The normalized spacial score (nSPS) is 27.2. The Morgan fingerprint density at radius 1 is 1.18 bits per heavy atom. The van der Waals surface area contributed by atoms with Crippen molar-refractivity contribution < 1.29 is 0 Å². The molecule has 0 saturated heterocycles. The van der Waals surface area contributed by atoms with Gasteiger partial charge in [-0.2, -0.15) is 0 Å². The molecule has 63 valence electrons. The summed E-state index contributed by atoms with van der Waals surface area (Å²) in [5, 5.41) is 0. The summed E-state index contributed by atoms with van der Waals surface area (Å²) >= 11 is 0. The smallest absolute Gasteiger partial charge is 0.0322 e. The lowest BCUT2D eigenvalue weighted by atomic mass is 9.96. The van der Waals surface area contributed by atoms with E-state index >= 15 is 0 Å². The van der Waals surface area contributed by atoms with Gasteiger partial charge in [0.15, 0.2) is 0 Å². The van der Waals surface area contributed by atoms with Gasteiger partial charge >= 0.3 is 0 Å². The van der Waals surface area contributed by atoms with Crippen molar-refractivity contribution in [3.63, 3.8) is 0 Å². The molecule has 11 heavy (non-hydrogen) atoms. The maximum Gasteiger partial charge on any atom is -0.0322 e. The maximum atomic E-state index is 3.98. The summed E-state index contributed by atoms with van der Waals surface area (Å²) in [5.41, 5.74) is 0. The Balaban J connectivity index is 2.30. The average molecular weight is 151 g/mol. The predicted molar refractivity (Wildman–Crippen MR) is 50.3 cm³/mol. The van der Waals surface area contributed by atoms with Gasteiger partial charge in [0, 0.05) is 0 Å². The Morgan fingerprint density at radius 2 is 2.09 bits per heavy atom. The molecule has 0 spiro atoms. The van der Waals surface area contributed by atoms with Crippen molar-refractivity contribution in [3.05, 3.63) is 19.1 Å². The highest BCUT2D eigenvalue weighted by Gasteiger charge is 2.04. The third kappa shape index (κ3) is 3.60. The quantitative estimate of drug-likeness (QED) is 0.501. The Bertz CT molecular complexity index is 113. The molecule has 0 heterocycles. The largest absolute Gasteiger partial charge is 0.0885 e. The summed E-state index contributed by atoms with van der Waals surface area (Å²) in [4.78, 5) is 0.